The van der Waals surface area contributed by atoms with Crippen molar-refractivity contribution in [2.75, 3.05) is 27.7 Å². The molecule has 1 N–H and O–H groups in total. The van der Waals surface area contributed by atoms with Crippen molar-refractivity contribution >= 4 is 21.9 Å². The van der Waals surface area contributed by atoms with E-state index in [1.54, 1.807) is 6.92 Å². The van der Waals surface area contributed by atoms with Crippen molar-refractivity contribution in [3.63, 3.8) is 0 Å². The maximum Gasteiger partial charge on any atom is 0.338 e. The van der Waals surface area contributed by atoms with Crippen molar-refractivity contribution in [3.8, 4) is 5.75 Å². The Bertz CT molecular complexity index is 715. The molecule has 1 amide bonds. The van der Waals surface area contributed by atoms with Gasteiger partial charge in [0, 0.05) is 20.6 Å². The number of hydrogen-bond donors (Lipinski definition) is 1. The Morgan fingerprint density at radius 2 is 1.92 bits per heavy atom. The van der Waals surface area contributed by atoms with Gasteiger partial charge < -0.3 is 14.8 Å². The number of nitrogens with one attached hydrogen (secondary N) is 1. The fourth-order valence-corrected chi connectivity index (χ4v) is 2.88. The summed E-state index contributed by atoms with van der Waals surface area (Å²) in [4.78, 5) is 23.6. The van der Waals surface area contributed by atoms with E-state index < -0.39 is 28.0 Å². The predicted octanol–water partition coefficient (Wildman–Crippen LogP) is 0.627. The molecule has 0 aliphatic heterocycles. The number of sulfonamides is 1. The molecular formula is C15H22N2O6S. The largest absolute Gasteiger partial charge is 0.495 e. The summed E-state index contributed by atoms with van der Waals surface area (Å²) in [5.41, 5.74) is 0.00683. The Kier molecular flexibility index (Phi) is 6.73. The molecule has 0 spiro atoms. The standard InChI is InChI=1S/C15H22N2O6S/c1-6-16-14(18)10(2)23-15(19)11-7-8-12(22-5)13(9-11)24(20,21)17(3)4/h7-10H,6H2,1-5H3,(H,16,18)/t10-/m0/s1. The third-order valence-electron chi connectivity index (χ3n) is 3.16. The minimum Gasteiger partial charge on any atom is -0.495 e. The van der Waals surface area contributed by atoms with Crippen LogP contribution in [-0.2, 0) is 19.6 Å². The zero-order valence-electron chi connectivity index (χ0n) is 14.3. The number of esters is 1. The van der Waals surface area contributed by atoms with Crippen molar-refractivity contribution in [1.82, 2.24) is 9.62 Å². The van der Waals surface area contributed by atoms with Crippen LogP contribution in [0.25, 0.3) is 0 Å². The van der Waals surface area contributed by atoms with E-state index >= 15 is 0 Å². The summed E-state index contributed by atoms with van der Waals surface area (Å²) >= 11 is 0. The van der Waals surface area contributed by atoms with Crippen molar-refractivity contribution in [2.24, 2.45) is 0 Å². The van der Waals surface area contributed by atoms with Gasteiger partial charge in [-0.25, -0.2) is 17.5 Å². The van der Waals surface area contributed by atoms with Gasteiger partial charge in [0.1, 0.15) is 10.6 Å². The quantitative estimate of drug-likeness (QED) is 0.717. The van der Waals surface area contributed by atoms with E-state index in [1.165, 1.54) is 46.3 Å². The molecule has 0 heterocycles. The minimum atomic E-state index is -3.81. The first-order valence-electron chi connectivity index (χ1n) is 7.24. The summed E-state index contributed by atoms with van der Waals surface area (Å²) in [5.74, 6) is -1.12. The molecule has 0 radical (unpaired) electrons. The molecule has 24 heavy (non-hydrogen) atoms. The SMILES string of the molecule is CCNC(=O)[C@H](C)OC(=O)c1ccc(OC)c(S(=O)(=O)N(C)C)c1. The molecule has 1 atom stereocenters. The average molecular weight is 358 g/mol. The number of nitrogens with zero attached hydrogens (tertiary/aromatic N) is 1. The molecule has 0 bridgehead atoms. The van der Waals surface area contributed by atoms with Crippen LogP contribution in [0.1, 0.15) is 24.2 Å². The third-order valence-corrected chi connectivity index (χ3v) is 5.00. The monoisotopic (exact) mass is 358 g/mol. The van der Waals surface area contributed by atoms with E-state index in [-0.39, 0.29) is 16.2 Å². The second-order valence-electron chi connectivity index (χ2n) is 5.10. The molecular weight excluding hydrogens is 336 g/mol. The van der Waals surface area contributed by atoms with Gasteiger partial charge in [0.25, 0.3) is 5.91 Å². The number of benzene rings is 1. The minimum absolute atomic E-state index is 0.00683. The van der Waals surface area contributed by atoms with E-state index in [0.717, 1.165) is 4.31 Å². The number of rotatable bonds is 7. The highest BCUT2D eigenvalue weighted by Crippen LogP contribution is 2.27. The third kappa shape index (κ3) is 4.45. The summed E-state index contributed by atoms with van der Waals surface area (Å²) in [7, 11) is 0.269. The van der Waals surface area contributed by atoms with E-state index in [1.807, 2.05) is 0 Å². The summed E-state index contributed by atoms with van der Waals surface area (Å²) in [6.07, 6.45) is -0.992. The van der Waals surface area contributed by atoms with E-state index in [4.69, 9.17) is 9.47 Å². The van der Waals surface area contributed by atoms with Gasteiger partial charge >= 0.3 is 5.97 Å². The first kappa shape index (κ1) is 19.9. The lowest BCUT2D eigenvalue weighted by molar-refractivity contribution is -0.128. The highest BCUT2D eigenvalue weighted by atomic mass is 32.2. The molecule has 0 saturated carbocycles. The van der Waals surface area contributed by atoms with Crippen molar-refractivity contribution in [1.29, 1.82) is 0 Å². The van der Waals surface area contributed by atoms with Crippen LogP contribution in [0.4, 0.5) is 0 Å². The molecule has 0 aliphatic rings. The molecule has 1 rings (SSSR count). The van der Waals surface area contributed by atoms with Crippen LogP contribution in [0.3, 0.4) is 0 Å². The summed E-state index contributed by atoms with van der Waals surface area (Å²) in [6.45, 7) is 3.59. The zero-order valence-corrected chi connectivity index (χ0v) is 15.1. The predicted molar refractivity (Wildman–Crippen MR) is 87.4 cm³/mol. The number of carbonyl (C=O) groups excluding carboxylic acids is 2. The van der Waals surface area contributed by atoms with Crippen LogP contribution in [0.2, 0.25) is 0 Å². The fourth-order valence-electron chi connectivity index (χ4n) is 1.80. The lowest BCUT2D eigenvalue weighted by atomic mass is 10.2. The van der Waals surface area contributed by atoms with Crippen molar-refractivity contribution in [3.05, 3.63) is 23.8 Å². The number of likely N-dealkylation sites (N-methyl/N-ethyl adjacent to an activating group) is 1. The number of ether oxygens (including phenoxy) is 2. The second-order valence-corrected chi connectivity index (χ2v) is 7.22. The number of methoxy groups -OCH3 is 1. The number of carbonyl (C=O) groups is 2. The van der Waals surface area contributed by atoms with Crippen molar-refractivity contribution < 1.29 is 27.5 Å². The molecule has 0 saturated heterocycles. The Morgan fingerprint density at radius 3 is 2.42 bits per heavy atom. The first-order chi connectivity index (χ1) is 11.1. The Labute approximate surface area is 141 Å². The normalized spacial score (nSPS) is 12.6. The van der Waals surface area contributed by atoms with Gasteiger partial charge in [0.05, 0.1) is 12.7 Å². The number of amides is 1. The molecule has 9 heteroatoms. The summed E-state index contributed by atoms with van der Waals surface area (Å²) < 4.78 is 35.8. The first-order valence-corrected chi connectivity index (χ1v) is 8.68. The van der Waals surface area contributed by atoms with Gasteiger partial charge in [0.2, 0.25) is 10.0 Å². The molecule has 0 unspecified atom stereocenters. The van der Waals surface area contributed by atoms with Gasteiger partial charge in [-0.3, -0.25) is 4.79 Å². The molecule has 134 valence electrons. The smallest absolute Gasteiger partial charge is 0.338 e. The van der Waals surface area contributed by atoms with Crippen LogP contribution in [0.15, 0.2) is 23.1 Å². The molecule has 1 aromatic carbocycles. The van der Waals surface area contributed by atoms with Gasteiger partial charge in [-0.05, 0) is 32.0 Å². The topological polar surface area (TPSA) is 102 Å². The van der Waals surface area contributed by atoms with Crippen LogP contribution in [0, 0.1) is 0 Å². The molecule has 0 aromatic heterocycles. The second kappa shape index (κ2) is 8.11. The average Bonchev–Trinajstić information content (AvgIpc) is 2.54. The van der Waals surface area contributed by atoms with Gasteiger partial charge in [-0.15, -0.1) is 0 Å². The van der Waals surface area contributed by atoms with E-state index in [2.05, 4.69) is 5.32 Å². The van der Waals surface area contributed by atoms with E-state index in [9.17, 15) is 18.0 Å². The van der Waals surface area contributed by atoms with Crippen LogP contribution >= 0.6 is 0 Å². The van der Waals surface area contributed by atoms with Gasteiger partial charge in [0.15, 0.2) is 6.10 Å². The molecule has 0 fully saturated rings. The molecule has 0 aliphatic carbocycles. The summed E-state index contributed by atoms with van der Waals surface area (Å²) in [5, 5.41) is 2.53. The van der Waals surface area contributed by atoms with Gasteiger partial charge in [-0.1, -0.05) is 0 Å². The maximum atomic E-state index is 12.3. The maximum absolute atomic E-state index is 12.3. The van der Waals surface area contributed by atoms with Crippen LogP contribution in [-0.4, -0.2) is 58.5 Å². The Balaban J connectivity index is 3.14. The number of hydrogen-bond acceptors (Lipinski definition) is 6. The van der Waals surface area contributed by atoms with Crippen molar-refractivity contribution in [2.45, 2.75) is 24.8 Å². The Hall–Kier alpha value is -2.13. The van der Waals surface area contributed by atoms with Gasteiger partial charge in [-0.2, -0.15) is 0 Å². The highest BCUT2D eigenvalue weighted by molar-refractivity contribution is 7.89. The Morgan fingerprint density at radius 1 is 1.29 bits per heavy atom. The fraction of sp³-hybridized carbons (Fsp3) is 0.467. The van der Waals surface area contributed by atoms with Crippen LogP contribution < -0.4 is 10.1 Å². The molecule has 8 nitrogen and oxygen atoms in total. The van der Waals surface area contributed by atoms with Crippen LogP contribution in [0.5, 0.6) is 5.75 Å². The highest BCUT2D eigenvalue weighted by Gasteiger charge is 2.25. The lowest BCUT2D eigenvalue weighted by Gasteiger charge is -2.16. The molecule has 1 aromatic rings. The summed E-state index contributed by atoms with van der Waals surface area (Å²) in [6, 6.07) is 3.91. The van der Waals surface area contributed by atoms with E-state index in [0.29, 0.717) is 6.54 Å². The zero-order chi connectivity index (χ0) is 18.5. The lowest BCUT2D eigenvalue weighted by Crippen LogP contribution is -2.35.